The third-order valence-corrected chi connectivity index (χ3v) is 4.34. The fourth-order valence-electron chi connectivity index (χ4n) is 3.05. The molecule has 2 N–H and O–H groups in total. The lowest BCUT2D eigenvalue weighted by Crippen LogP contribution is -2.18. The van der Waals surface area contributed by atoms with Crippen molar-refractivity contribution >= 4 is 17.0 Å². The number of anilines is 1. The van der Waals surface area contributed by atoms with Crippen molar-refractivity contribution in [2.45, 2.75) is 13.2 Å². The van der Waals surface area contributed by atoms with Gasteiger partial charge in [-0.25, -0.2) is 15.0 Å². The first-order chi connectivity index (χ1) is 12.8. The van der Waals surface area contributed by atoms with E-state index in [1.54, 1.807) is 0 Å². The second-order valence-electron chi connectivity index (χ2n) is 6.14. The van der Waals surface area contributed by atoms with Crippen LogP contribution in [0, 0.1) is 0 Å². The van der Waals surface area contributed by atoms with Crippen molar-refractivity contribution in [3.05, 3.63) is 72.1 Å². The van der Waals surface area contributed by atoms with Gasteiger partial charge in [-0.3, -0.25) is 0 Å². The average molecular weight is 345 g/mol. The summed E-state index contributed by atoms with van der Waals surface area (Å²) in [7, 11) is 2.00. The zero-order valence-electron chi connectivity index (χ0n) is 14.4. The summed E-state index contributed by atoms with van der Waals surface area (Å²) in [4.78, 5) is 18.7. The molecule has 6 heteroatoms. The third kappa shape index (κ3) is 3.02. The molecule has 0 atom stereocenters. The molecule has 2 aromatic heterocycles. The molecular weight excluding hydrogens is 326 g/mol. The number of aliphatic hydroxyl groups excluding tert-OH is 1. The van der Waals surface area contributed by atoms with Crippen molar-refractivity contribution in [3.8, 4) is 11.4 Å². The summed E-state index contributed by atoms with van der Waals surface area (Å²) in [6.07, 6.45) is 1.53. The number of nitrogens with zero attached hydrogens (tertiary/aromatic N) is 4. The first-order valence-electron chi connectivity index (χ1n) is 8.41. The maximum Gasteiger partial charge on any atom is 0.183 e. The summed E-state index contributed by atoms with van der Waals surface area (Å²) in [6.45, 7) is 0.689. The van der Waals surface area contributed by atoms with E-state index in [1.807, 2.05) is 49.5 Å². The van der Waals surface area contributed by atoms with E-state index in [9.17, 15) is 5.11 Å². The van der Waals surface area contributed by atoms with E-state index < -0.39 is 0 Å². The van der Waals surface area contributed by atoms with Gasteiger partial charge in [0.15, 0.2) is 11.5 Å². The fraction of sp³-hybridized carbons (Fsp3) is 0.150. The normalized spacial score (nSPS) is 11.0. The monoisotopic (exact) mass is 345 g/mol. The van der Waals surface area contributed by atoms with E-state index in [4.69, 9.17) is 0 Å². The van der Waals surface area contributed by atoms with Gasteiger partial charge in [-0.05, 0) is 11.1 Å². The van der Waals surface area contributed by atoms with Gasteiger partial charge in [-0.15, -0.1) is 0 Å². The Kier molecular flexibility index (Phi) is 4.33. The lowest BCUT2D eigenvalue weighted by molar-refractivity contribution is 0.282. The smallest absolute Gasteiger partial charge is 0.183 e. The maximum absolute atomic E-state index is 9.58. The quantitative estimate of drug-likeness (QED) is 0.581. The van der Waals surface area contributed by atoms with Crippen molar-refractivity contribution in [2.75, 3.05) is 11.9 Å². The van der Waals surface area contributed by atoms with E-state index in [1.165, 1.54) is 11.9 Å². The fourth-order valence-corrected chi connectivity index (χ4v) is 3.05. The minimum Gasteiger partial charge on any atom is -0.392 e. The zero-order valence-corrected chi connectivity index (χ0v) is 14.4. The van der Waals surface area contributed by atoms with Crippen LogP contribution in [-0.4, -0.2) is 32.1 Å². The molecule has 4 aromatic rings. The van der Waals surface area contributed by atoms with Gasteiger partial charge in [0, 0.05) is 19.2 Å². The molecular formula is C20H19N5O. The van der Waals surface area contributed by atoms with Gasteiger partial charge < -0.3 is 15.0 Å². The van der Waals surface area contributed by atoms with E-state index >= 15 is 0 Å². The van der Waals surface area contributed by atoms with Crippen LogP contribution in [0.2, 0.25) is 0 Å². The number of fused-ring (bicyclic) bond motifs is 1. The van der Waals surface area contributed by atoms with Gasteiger partial charge in [-0.1, -0.05) is 54.6 Å². The van der Waals surface area contributed by atoms with E-state index in [0.29, 0.717) is 11.5 Å². The minimum absolute atomic E-state index is 0.0420. The Morgan fingerprint density at radius 3 is 2.58 bits per heavy atom. The summed E-state index contributed by atoms with van der Waals surface area (Å²) < 4.78 is 0. The summed E-state index contributed by atoms with van der Waals surface area (Å²) in [5, 5.41) is 9.58. The predicted molar refractivity (Wildman–Crippen MR) is 102 cm³/mol. The average Bonchev–Trinajstić information content (AvgIpc) is 3.12. The lowest BCUT2D eigenvalue weighted by Gasteiger charge is -2.18. The maximum atomic E-state index is 9.58. The summed E-state index contributed by atoms with van der Waals surface area (Å²) >= 11 is 0. The molecule has 4 rings (SSSR count). The van der Waals surface area contributed by atoms with Crippen LogP contribution in [0.3, 0.4) is 0 Å². The highest BCUT2D eigenvalue weighted by Gasteiger charge is 2.15. The topological polar surface area (TPSA) is 77.9 Å². The number of hydrogen-bond donors (Lipinski definition) is 2. The van der Waals surface area contributed by atoms with Gasteiger partial charge in [0.1, 0.15) is 17.7 Å². The van der Waals surface area contributed by atoms with Crippen LogP contribution < -0.4 is 4.90 Å². The van der Waals surface area contributed by atoms with Crippen LogP contribution in [0.5, 0.6) is 0 Å². The number of aliphatic hydroxyl groups is 1. The predicted octanol–water partition coefficient (Wildman–Crippen LogP) is 3.15. The Hall–Kier alpha value is -3.25. The number of aromatic nitrogens is 4. The second kappa shape index (κ2) is 6.93. The van der Waals surface area contributed by atoms with Crippen molar-refractivity contribution in [2.24, 2.45) is 0 Å². The molecule has 0 radical (unpaired) electrons. The SMILES string of the molecule is CN(Cc1ccccc1)c1ncnc2nc(-c3ccccc3CO)[nH]c12. The lowest BCUT2D eigenvalue weighted by atomic mass is 10.1. The number of benzene rings is 2. The van der Waals surface area contributed by atoms with Gasteiger partial charge in [0.05, 0.1) is 6.61 Å². The van der Waals surface area contributed by atoms with Gasteiger partial charge in [-0.2, -0.15) is 0 Å². The molecule has 0 aliphatic carbocycles. The molecule has 6 nitrogen and oxygen atoms in total. The Morgan fingerprint density at radius 1 is 1.00 bits per heavy atom. The molecule has 2 aromatic carbocycles. The molecule has 0 aliphatic rings. The Labute approximate surface area is 151 Å². The molecule has 2 heterocycles. The zero-order chi connectivity index (χ0) is 17.9. The molecule has 26 heavy (non-hydrogen) atoms. The molecule has 130 valence electrons. The number of hydrogen-bond acceptors (Lipinski definition) is 5. The highest BCUT2D eigenvalue weighted by molar-refractivity contribution is 5.86. The molecule has 0 spiro atoms. The van der Waals surface area contributed by atoms with E-state index in [2.05, 4.69) is 37.0 Å². The van der Waals surface area contributed by atoms with E-state index in [0.717, 1.165) is 29.0 Å². The first kappa shape index (κ1) is 16.2. The first-order valence-corrected chi connectivity index (χ1v) is 8.41. The summed E-state index contributed by atoms with van der Waals surface area (Å²) in [6, 6.07) is 17.9. The van der Waals surface area contributed by atoms with Crippen molar-refractivity contribution in [1.82, 2.24) is 19.9 Å². The number of imidazole rings is 1. The summed E-state index contributed by atoms with van der Waals surface area (Å²) in [5.74, 6) is 1.47. The molecule has 0 fully saturated rings. The highest BCUT2D eigenvalue weighted by atomic mass is 16.3. The second-order valence-corrected chi connectivity index (χ2v) is 6.14. The number of H-pyrrole nitrogens is 1. The van der Waals surface area contributed by atoms with E-state index in [-0.39, 0.29) is 6.61 Å². The van der Waals surface area contributed by atoms with Crippen LogP contribution in [-0.2, 0) is 13.2 Å². The number of nitrogens with one attached hydrogen (secondary N) is 1. The van der Waals surface area contributed by atoms with Crippen LogP contribution in [0.15, 0.2) is 60.9 Å². The van der Waals surface area contributed by atoms with Gasteiger partial charge in [0.2, 0.25) is 0 Å². The number of rotatable bonds is 5. The Balaban J connectivity index is 1.74. The molecule has 0 bridgehead atoms. The summed E-state index contributed by atoms with van der Waals surface area (Å²) in [5.41, 5.74) is 4.28. The molecule has 0 saturated heterocycles. The van der Waals surface area contributed by atoms with Crippen molar-refractivity contribution in [3.63, 3.8) is 0 Å². The van der Waals surface area contributed by atoms with Crippen LogP contribution in [0.4, 0.5) is 5.82 Å². The van der Waals surface area contributed by atoms with Gasteiger partial charge >= 0.3 is 0 Å². The van der Waals surface area contributed by atoms with Crippen LogP contribution >= 0.6 is 0 Å². The van der Waals surface area contributed by atoms with Crippen LogP contribution in [0.25, 0.3) is 22.6 Å². The van der Waals surface area contributed by atoms with Gasteiger partial charge in [0.25, 0.3) is 0 Å². The van der Waals surface area contributed by atoms with Crippen LogP contribution in [0.1, 0.15) is 11.1 Å². The standard InChI is InChI=1S/C20H19N5O/c1-25(11-14-7-3-2-4-8-14)20-17-19(21-13-22-20)24-18(23-17)16-10-6-5-9-15(16)12-26/h2-10,13,26H,11-12H2,1H3,(H,21,22,23,24). The minimum atomic E-state index is -0.0420. The van der Waals surface area contributed by atoms with Crippen molar-refractivity contribution in [1.29, 1.82) is 0 Å². The number of aromatic amines is 1. The Morgan fingerprint density at radius 2 is 1.77 bits per heavy atom. The molecule has 0 saturated carbocycles. The molecule has 0 unspecified atom stereocenters. The van der Waals surface area contributed by atoms with Crippen molar-refractivity contribution < 1.29 is 5.11 Å². The highest BCUT2D eigenvalue weighted by Crippen LogP contribution is 2.27. The molecule has 0 amide bonds. The Bertz CT molecular complexity index is 1030. The molecule has 0 aliphatic heterocycles. The third-order valence-electron chi connectivity index (χ3n) is 4.34. The largest absolute Gasteiger partial charge is 0.392 e.